The molecule has 1 aliphatic carbocycles. The first-order valence-corrected chi connectivity index (χ1v) is 18.3. The van der Waals surface area contributed by atoms with Gasteiger partial charge in [-0.25, -0.2) is 0 Å². The second-order valence-corrected chi connectivity index (χ2v) is 15.3. The Morgan fingerprint density at radius 1 is 1.05 bits per heavy atom. The van der Waals surface area contributed by atoms with Crippen molar-refractivity contribution in [1.82, 2.24) is 0 Å². The number of allylic oxidation sites excluding steroid dienone is 2. The number of carbonyl (C=O) groups excluding carboxylic acids is 2. The second-order valence-electron chi connectivity index (χ2n) is 10.2. The monoisotopic (exact) mass is 665 g/mol. The minimum absolute atomic E-state index is 0. The van der Waals surface area contributed by atoms with Crippen LogP contribution in [0, 0.1) is 11.8 Å². The van der Waals surface area contributed by atoms with Crippen LogP contribution in [0.4, 0.5) is 0 Å². The summed E-state index contributed by atoms with van der Waals surface area (Å²) >= 11 is 1.13. The molecule has 1 rings (SSSR count). The van der Waals surface area contributed by atoms with E-state index in [4.69, 9.17) is 9.84 Å². The van der Waals surface area contributed by atoms with Crippen molar-refractivity contribution in [1.29, 1.82) is 0 Å². The van der Waals surface area contributed by atoms with Crippen LogP contribution in [0.1, 0.15) is 77.6 Å². The Balaban J connectivity index is 0.0000168. The molecule has 0 unspecified atom stereocenters. The number of aliphatic hydroxyl groups excluding tert-OH is 1. The van der Waals surface area contributed by atoms with Crippen LogP contribution in [0.15, 0.2) is 24.3 Å². The number of ether oxygens (including phenoxy) is 1. The van der Waals surface area contributed by atoms with Gasteiger partial charge in [-0.2, -0.15) is 11.8 Å². The van der Waals surface area contributed by atoms with Gasteiger partial charge < -0.3 is 34.5 Å². The van der Waals surface area contributed by atoms with Crippen molar-refractivity contribution in [2.45, 2.75) is 95.2 Å². The molecule has 42 heavy (non-hydrogen) atoms. The van der Waals surface area contributed by atoms with Gasteiger partial charge in [0.2, 0.25) is 0 Å². The van der Waals surface area contributed by atoms with Crippen LogP contribution < -0.4 is 29.6 Å². The van der Waals surface area contributed by atoms with E-state index in [9.17, 15) is 48.2 Å². The van der Waals surface area contributed by atoms with Crippen molar-refractivity contribution in [3.05, 3.63) is 24.3 Å². The molecule has 4 atom stereocenters. The SMILES string of the molecule is CCCCC[C@@H](/C=C/[C@H]1[C@H](O)CC(=O)[C@@H]1C/C=C\CCCC(=O)O)OC(=O)CSCCCC(P(=O)(O)O)P(=O)(O)O.[Na+]. The molecular weight excluding hydrogens is 621 g/mol. The summed E-state index contributed by atoms with van der Waals surface area (Å²) in [4.78, 5) is 72.3. The maximum absolute atomic E-state index is 12.5. The van der Waals surface area contributed by atoms with Crippen LogP contribution in [0.2, 0.25) is 0 Å². The summed E-state index contributed by atoms with van der Waals surface area (Å²) in [6, 6.07) is 0. The van der Waals surface area contributed by atoms with Crippen LogP contribution in [0.25, 0.3) is 0 Å². The van der Waals surface area contributed by atoms with Gasteiger partial charge in [-0.1, -0.05) is 38.0 Å². The smallest absolute Gasteiger partial charge is 0.481 e. The summed E-state index contributed by atoms with van der Waals surface area (Å²) < 4.78 is 28.3. The van der Waals surface area contributed by atoms with Gasteiger partial charge in [0.25, 0.3) is 0 Å². The van der Waals surface area contributed by atoms with E-state index in [1.165, 1.54) is 0 Å². The summed E-state index contributed by atoms with van der Waals surface area (Å²) in [6.45, 7) is 2.04. The Morgan fingerprint density at radius 2 is 1.71 bits per heavy atom. The van der Waals surface area contributed by atoms with Crippen LogP contribution >= 0.6 is 27.0 Å². The van der Waals surface area contributed by atoms with Crippen molar-refractivity contribution in [2.24, 2.45) is 11.8 Å². The predicted octanol–water partition coefficient (Wildman–Crippen LogP) is 1.00. The van der Waals surface area contributed by atoms with Gasteiger partial charge in [-0.3, -0.25) is 23.5 Å². The molecule has 6 N–H and O–H groups in total. The predicted molar refractivity (Wildman–Crippen MR) is 155 cm³/mol. The van der Waals surface area contributed by atoms with E-state index in [1.807, 2.05) is 19.1 Å². The Kier molecular flexibility index (Phi) is 21.3. The van der Waals surface area contributed by atoms with Gasteiger partial charge in [-0.05, 0) is 56.8 Å². The Morgan fingerprint density at radius 3 is 2.31 bits per heavy atom. The topological polar surface area (TPSA) is 216 Å². The number of carbonyl (C=O) groups is 3. The quantitative estimate of drug-likeness (QED) is 0.0332. The van der Waals surface area contributed by atoms with E-state index >= 15 is 0 Å². The third-order valence-corrected chi connectivity index (χ3v) is 11.6. The summed E-state index contributed by atoms with van der Waals surface area (Å²) in [5.74, 6) is -2.13. The molecule has 1 aliphatic rings. The van der Waals surface area contributed by atoms with Crippen molar-refractivity contribution in [2.75, 3.05) is 11.5 Å². The van der Waals surface area contributed by atoms with Gasteiger partial charge in [-0.15, -0.1) is 0 Å². The Bertz CT molecular complexity index is 974. The first-order chi connectivity index (χ1) is 19.2. The zero-order valence-corrected chi connectivity index (χ0v) is 28.9. The normalized spacial score (nSPS) is 20.4. The number of Topliss-reactive ketones (excluding diaryl/α,β-unsaturated/α-hetero) is 1. The molecule has 0 aromatic carbocycles. The molecular formula is C26H44NaO12P2S+. The second kappa shape index (κ2) is 21.4. The number of carboxylic acids is 1. The van der Waals surface area contributed by atoms with Crippen molar-refractivity contribution < 1.29 is 87.6 Å². The van der Waals surface area contributed by atoms with Gasteiger partial charge in [0.1, 0.15) is 11.9 Å². The van der Waals surface area contributed by atoms with Crippen LogP contribution in [0.5, 0.6) is 0 Å². The summed E-state index contributed by atoms with van der Waals surface area (Å²) in [5, 5.41) is 17.1. The largest absolute Gasteiger partial charge is 1.00 e. The van der Waals surface area contributed by atoms with Gasteiger partial charge in [0.15, 0.2) is 5.40 Å². The van der Waals surface area contributed by atoms with E-state index in [1.54, 1.807) is 12.2 Å². The molecule has 0 aromatic heterocycles. The Hall–Kier alpha value is -0.300. The standard InChI is InChI=1S/C26H44O12P2S.Na/c1-2-3-6-10-19(38-25(31)18-41-16-9-13-26(39(32,33)34)40(35,36)37)14-15-21-20(22(27)17-23(21)28)11-7-4-5-8-12-24(29)30;/h4,7,14-15,19-21,23,26,28H,2-3,5-6,8-13,16-18H2,1H3,(H,29,30)(H2,32,33,34)(H2,35,36,37);/q;+1/b7-4-,15-14+;/t19-,20+,21+,23+;/m0./s1. The van der Waals surface area contributed by atoms with Gasteiger partial charge in [0, 0.05) is 24.7 Å². The average molecular weight is 666 g/mol. The number of hydrogen-bond acceptors (Lipinski definition) is 8. The third kappa shape index (κ3) is 17.3. The number of hydrogen-bond donors (Lipinski definition) is 6. The average Bonchev–Trinajstić information content (AvgIpc) is 3.11. The van der Waals surface area contributed by atoms with Gasteiger partial charge >= 0.3 is 56.7 Å². The zero-order valence-electron chi connectivity index (χ0n) is 24.3. The minimum Gasteiger partial charge on any atom is -0.481 e. The van der Waals surface area contributed by atoms with Crippen molar-refractivity contribution in [3.8, 4) is 0 Å². The number of unbranched alkanes of at least 4 members (excludes halogenated alkanes) is 3. The van der Waals surface area contributed by atoms with Crippen molar-refractivity contribution >= 4 is 44.7 Å². The molecule has 1 saturated carbocycles. The number of thioether (sulfide) groups is 1. The van der Waals surface area contributed by atoms with Crippen molar-refractivity contribution in [3.63, 3.8) is 0 Å². The van der Waals surface area contributed by atoms with E-state index < -0.39 is 56.6 Å². The van der Waals surface area contributed by atoms with E-state index in [-0.39, 0.29) is 72.5 Å². The fraction of sp³-hybridized carbons (Fsp3) is 0.731. The summed E-state index contributed by atoms with van der Waals surface area (Å²) in [6.07, 6.45) is 10.2. The number of carboxylic acid groups (broad SMARTS) is 1. The third-order valence-electron chi connectivity index (χ3n) is 6.72. The first-order valence-electron chi connectivity index (χ1n) is 13.8. The molecule has 1 fully saturated rings. The molecule has 0 heterocycles. The molecule has 0 amide bonds. The summed E-state index contributed by atoms with van der Waals surface area (Å²) in [7, 11) is -9.95. The minimum atomic E-state index is -4.98. The maximum atomic E-state index is 12.5. The maximum Gasteiger partial charge on any atom is 1.00 e. The van der Waals surface area contributed by atoms with Crippen LogP contribution in [-0.2, 0) is 28.3 Å². The molecule has 0 bridgehead atoms. The number of rotatable bonds is 21. The number of aliphatic carboxylic acids is 1. The number of ketones is 1. The van der Waals surface area contributed by atoms with E-state index in [0.29, 0.717) is 25.7 Å². The van der Waals surface area contributed by atoms with E-state index in [0.717, 1.165) is 31.0 Å². The molecule has 0 spiro atoms. The van der Waals surface area contributed by atoms with Gasteiger partial charge in [0.05, 0.1) is 11.9 Å². The molecule has 16 heteroatoms. The molecule has 0 radical (unpaired) electrons. The summed E-state index contributed by atoms with van der Waals surface area (Å²) in [5.41, 5.74) is 0. The fourth-order valence-electron chi connectivity index (χ4n) is 4.56. The first kappa shape index (κ1) is 41.7. The molecule has 0 aromatic rings. The van der Waals surface area contributed by atoms with E-state index in [2.05, 4.69) is 0 Å². The fourth-order valence-corrected chi connectivity index (χ4v) is 7.92. The molecule has 0 aliphatic heterocycles. The molecule has 236 valence electrons. The number of aliphatic hydroxyl groups is 1. The van der Waals surface area contributed by atoms with Crippen LogP contribution in [-0.4, -0.2) is 76.6 Å². The number of esters is 1. The van der Waals surface area contributed by atoms with Crippen LogP contribution in [0.3, 0.4) is 0 Å². The Labute approximate surface area is 273 Å². The zero-order chi connectivity index (χ0) is 31.1. The molecule has 0 saturated heterocycles. The molecule has 12 nitrogen and oxygen atoms in total.